The Kier molecular flexibility index (Phi) is 5.31. The number of allylic oxidation sites excluding steroid dienone is 1. The van der Waals surface area contributed by atoms with Gasteiger partial charge in [-0.25, -0.2) is 4.98 Å². The molecule has 0 atom stereocenters. The van der Waals surface area contributed by atoms with Crippen molar-refractivity contribution in [2.75, 3.05) is 5.32 Å². The fraction of sp³-hybridized carbons (Fsp3) is 0.190. The number of benzene rings is 2. The Hall–Kier alpha value is -2.85. The molecule has 0 bridgehead atoms. The number of rotatable bonds is 6. The second-order valence-corrected chi connectivity index (χ2v) is 5.78. The maximum Gasteiger partial charge on any atom is 0.226 e. The van der Waals surface area contributed by atoms with Crippen molar-refractivity contribution in [1.82, 2.24) is 4.98 Å². The zero-order valence-corrected chi connectivity index (χ0v) is 14.5. The fourth-order valence-electron chi connectivity index (χ4n) is 2.74. The van der Waals surface area contributed by atoms with Crippen LogP contribution < -0.4 is 5.32 Å². The first-order valence-corrected chi connectivity index (χ1v) is 8.34. The molecule has 4 heteroatoms. The summed E-state index contributed by atoms with van der Waals surface area (Å²) in [5, 5.41) is 12.9. The van der Waals surface area contributed by atoms with E-state index in [0.717, 1.165) is 33.8 Å². The van der Waals surface area contributed by atoms with Gasteiger partial charge in [-0.05, 0) is 37.6 Å². The molecule has 128 valence electrons. The number of nitrogens with one attached hydrogen (secondary N) is 1. The highest BCUT2D eigenvalue weighted by molar-refractivity contribution is 5.69. The third kappa shape index (κ3) is 3.80. The van der Waals surface area contributed by atoms with Gasteiger partial charge in [-0.3, -0.25) is 0 Å². The molecule has 0 unspecified atom stereocenters. The third-order valence-corrected chi connectivity index (χ3v) is 4.06. The number of hydrogen-bond acceptors (Lipinski definition) is 4. The summed E-state index contributed by atoms with van der Waals surface area (Å²) in [6.07, 6.45) is 3.97. The van der Waals surface area contributed by atoms with Crippen molar-refractivity contribution in [1.29, 1.82) is 0 Å². The molecule has 1 heterocycles. The van der Waals surface area contributed by atoms with Gasteiger partial charge in [0.15, 0.2) is 0 Å². The quantitative estimate of drug-likeness (QED) is 0.680. The molecule has 2 aromatic carbocycles. The van der Waals surface area contributed by atoms with E-state index in [2.05, 4.69) is 10.3 Å². The number of nitrogens with zero attached hydrogens (tertiary/aromatic N) is 1. The molecule has 25 heavy (non-hydrogen) atoms. The van der Waals surface area contributed by atoms with E-state index < -0.39 is 0 Å². The van der Waals surface area contributed by atoms with Crippen molar-refractivity contribution >= 4 is 11.8 Å². The first-order chi connectivity index (χ1) is 12.2. The van der Waals surface area contributed by atoms with Crippen LogP contribution in [-0.2, 0) is 13.2 Å². The van der Waals surface area contributed by atoms with E-state index in [-0.39, 0.29) is 6.61 Å². The first kappa shape index (κ1) is 17.0. The number of hydrogen-bond donors (Lipinski definition) is 2. The van der Waals surface area contributed by atoms with Gasteiger partial charge in [0.25, 0.3) is 0 Å². The van der Waals surface area contributed by atoms with Crippen LogP contribution in [0.5, 0.6) is 0 Å². The van der Waals surface area contributed by atoms with Crippen LogP contribution in [-0.4, -0.2) is 10.1 Å². The summed E-state index contributed by atoms with van der Waals surface area (Å²) in [4.78, 5) is 4.62. The lowest BCUT2D eigenvalue weighted by Gasteiger charge is -2.12. The largest absolute Gasteiger partial charge is 0.441 e. The molecule has 0 fully saturated rings. The molecule has 0 aliphatic rings. The van der Waals surface area contributed by atoms with Gasteiger partial charge in [0, 0.05) is 16.8 Å². The molecule has 0 saturated heterocycles. The maximum absolute atomic E-state index is 9.54. The predicted octanol–water partition coefficient (Wildman–Crippen LogP) is 4.79. The van der Waals surface area contributed by atoms with Crippen LogP contribution in [0.3, 0.4) is 0 Å². The highest BCUT2D eigenvalue weighted by Gasteiger charge is 2.12. The number of anilines is 1. The average Bonchev–Trinajstić information content (AvgIpc) is 3.02. The van der Waals surface area contributed by atoms with E-state index in [1.807, 2.05) is 74.5 Å². The molecular weight excluding hydrogens is 312 g/mol. The molecule has 4 nitrogen and oxygen atoms in total. The number of aliphatic hydroxyl groups excluding tert-OH is 1. The van der Waals surface area contributed by atoms with Crippen LogP contribution in [0.15, 0.2) is 59.0 Å². The van der Waals surface area contributed by atoms with E-state index in [1.165, 1.54) is 0 Å². The summed E-state index contributed by atoms with van der Waals surface area (Å²) in [7, 11) is 0. The van der Waals surface area contributed by atoms with Crippen LogP contribution in [0.1, 0.15) is 29.5 Å². The van der Waals surface area contributed by atoms with Crippen molar-refractivity contribution < 1.29 is 9.52 Å². The zero-order chi connectivity index (χ0) is 17.6. The summed E-state index contributed by atoms with van der Waals surface area (Å²) in [6, 6.07) is 15.7. The van der Waals surface area contributed by atoms with Crippen molar-refractivity contribution in [2.45, 2.75) is 27.0 Å². The van der Waals surface area contributed by atoms with E-state index in [1.54, 1.807) is 0 Å². The maximum atomic E-state index is 9.54. The fourth-order valence-corrected chi connectivity index (χ4v) is 2.74. The van der Waals surface area contributed by atoms with Gasteiger partial charge in [-0.1, -0.05) is 42.5 Å². The summed E-state index contributed by atoms with van der Waals surface area (Å²) in [6.45, 7) is 4.46. The lowest BCUT2D eigenvalue weighted by atomic mass is 10.0. The minimum absolute atomic E-state index is 0.0103. The highest BCUT2D eigenvalue weighted by Crippen LogP contribution is 2.25. The van der Waals surface area contributed by atoms with Crippen molar-refractivity contribution in [3.63, 3.8) is 0 Å². The van der Waals surface area contributed by atoms with E-state index in [0.29, 0.717) is 12.4 Å². The van der Waals surface area contributed by atoms with Gasteiger partial charge < -0.3 is 14.8 Å². The van der Waals surface area contributed by atoms with Crippen molar-refractivity contribution in [3.8, 4) is 11.5 Å². The average molecular weight is 334 g/mol. The van der Waals surface area contributed by atoms with Crippen LogP contribution in [0.25, 0.3) is 17.5 Å². The molecule has 3 aromatic rings. The molecule has 0 aliphatic carbocycles. The minimum atomic E-state index is 0.0103. The summed E-state index contributed by atoms with van der Waals surface area (Å²) in [5.41, 5.74) is 4.70. The third-order valence-electron chi connectivity index (χ3n) is 4.06. The van der Waals surface area contributed by atoms with Gasteiger partial charge in [0.2, 0.25) is 5.89 Å². The lowest BCUT2D eigenvalue weighted by Crippen LogP contribution is -2.04. The summed E-state index contributed by atoms with van der Waals surface area (Å²) >= 11 is 0. The van der Waals surface area contributed by atoms with Crippen LogP contribution in [0, 0.1) is 6.92 Å². The Balaban J connectivity index is 1.82. The minimum Gasteiger partial charge on any atom is -0.441 e. The van der Waals surface area contributed by atoms with E-state index in [4.69, 9.17) is 4.42 Å². The molecular formula is C21H22N2O2. The number of aryl methyl sites for hydroxylation is 1. The number of aromatic nitrogens is 1. The molecule has 0 amide bonds. The second kappa shape index (κ2) is 7.81. The molecule has 2 N–H and O–H groups in total. The standard InChI is InChI=1S/C21H22N2O2/c1-3-8-18-17(14-24)11-7-12-19(18)22-13-20-15(2)25-21(23-20)16-9-5-4-6-10-16/h3-12,22,24H,13-14H2,1-2H3/b8-3-. The number of oxazole rings is 1. The molecule has 0 saturated carbocycles. The molecule has 1 aromatic heterocycles. The van der Waals surface area contributed by atoms with Gasteiger partial charge in [-0.15, -0.1) is 0 Å². The predicted molar refractivity (Wildman–Crippen MR) is 101 cm³/mol. The molecule has 0 spiro atoms. The van der Waals surface area contributed by atoms with Crippen LogP contribution in [0.2, 0.25) is 0 Å². The van der Waals surface area contributed by atoms with E-state index >= 15 is 0 Å². The lowest BCUT2D eigenvalue weighted by molar-refractivity contribution is 0.281. The van der Waals surface area contributed by atoms with Gasteiger partial charge in [0.05, 0.1) is 13.2 Å². The van der Waals surface area contributed by atoms with Crippen molar-refractivity contribution in [3.05, 3.63) is 77.2 Å². The Labute approximate surface area is 147 Å². The Morgan fingerprint density at radius 3 is 2.64 bits per heavy atom. The van der Waals surface area contributed by atoms with Gasteiger partial charge >= 0.3 is 0 Å². The molecule has 0 radical (unpaired) electrons. The van der Waals surface area contributed by atoms with Crippen molar-refractivity contribution in [2.24, 2.45) is 0 Å². The first-order valence-electron chi connectivity index (χ1n) is 8.34. The smallest absolute Gasteiger partial charge is 0.226 e. The topological polar surface area (TPSA) is 58.3 Å². The normalized spacial score (nSPS) is 11.2. The monoisotopic (exact) mass is 334 g/mol. The van der Waals surface area contributed by atoms with Crippen LogP contribution in [0.4, 0.5) is 5.69 Å². The van der Waals surface area contributed by atoms with Gasteiger partial charge in [-0.2, -0.15) is 0 Å². The van der Waals surface area contributed by atoms with Gasteiger partial charge in [0.1, 0.15) is 11.5 Å². The Morgan fingerprint density at radius 2 is 1.92 bits per heavy atom. The molecule has 3 rings (SSSR count). The number of aliphatic hydroxyl groups is 1. The zero-order valence-electron chi connectivity index (χ0n) is 14.5. The van der Waals surface area contributed by atoms with E-state index in [9.17, 15) is 5.11 Å². The SMILES string of the molecule is C/C=C\c1c(CO)cccc1NCc1nc(-c2ccccc2)oc1C. The Bertz CT molecular complexity index is 867. The second-order valence-electron chi connectivity index (χ2n) is 5.78. The summed E-state index contributed by atoms with van der Waals surface area (Å²) in [5.74, 6) is 1.44. The van der Waals surface area contributed by atoms with Crippen LogP contribution >= 0.6 is 0 Å². The highest BCUT2D eigenvalue weighted by atomic mass is 16.4. The summed E-state index contributed by atoms with van der Waals surface area (Å²) < 4.78 is 5.81. The Morgan fingerprint density at radius 1 is 1.12 bits per heavy atom. The molecule has 0 aliphatic heterocycles.